The standard InChI is InChI=1S/C26H34FN7O3S/c1-16(2)18-5-6-22(34-11-17(12-34)14-38(4,35)36)20-10-28-24(9-19(18)20)31-25-29-15-30-26(32-25)33-8-7-23(37-3)21(27)13-33/h5-6,9-10,15-17,21,23H,7-8,11-14H2,1-4H3,(H,28,29,30,31,32)/t21-,23+/m0/s1/i3D3. The molecule has 1 aromatic carbocycles. The molecule has 0 saturated carbocycles. The summed E-state index contributed by atoms with van der Waals surface area (Å²) in [7, 11) is -5.67. The summed E-state index contributed by atoms with van der Waals surface area (Å²) in [5.41, 5.74) is 2.16. The lowest BCUT2D eigenvalue weighted by Crippen LogP contribution is -2.49. The average molecular weight is 547 g/mol. The second-order valence-electron chi connectivity index (χ2n) is 10.4. The zero-order valence-electron chi connectivity index (χ0n) is 24.6. The lowest BCUT2D eigenvalue weighted by Gasteiger charge is -2.41. The van der Waals surface area contributed by atoms with Crippen molar-refractivity contribution in [1.29, 1.82) is 0 Å². The third-order valence-electron chi connectivity index (χ3n) is 7.08. The van der Waals surface area contributed by atoms with Gasteiger partial charge >= 0.3 is 0 Å². The number of sulfone groups is 1. The lowest BCUT2D eigenvalue weighted by atomic mass is 9.93. The molecule has 3 aromatic rings. The molecule has 2 saturated heterocycles. The number of ether oxygens (including phenoxy) is 1. The van der Waals surface area contributed by atoms with Crippen LogP contribution in [0.25, 0.3) is 10.8 Å². The van der Waals surface area contributed by atoms with E-state index in [1.165, 1.54) is 12.6 Å². The number of pyridine rings is 1. The van der Waals surface area contributed by atoms with E-state index in [9.17, 15) is 12.8 Å². The maximum absolute atomic E-state index is 14.7. The lowest BCUT2D eigenvalue weighted by molar-refractivity contribution is 0.0194. The Labute approximate surface area is 226 Å². The largest absolute Gasteiger partial charge is 0.378 e. The number of methoxy groups -OCH3 is 1. The molecule has 0 unspecified atom stereocenters. The highest BCUT2D eigenvalue weighted by Crippen LogP contribution is 2.37. The molecule has 2 aliphatic heterocycles. The number of rotatable bonds is 8. The Kier molecular flexibility index (Phi) is 6.35. The van der Waals surface area contributed by atoms with E-state index in [2.05, 4.69) is 56.1 Å². The van der Waals surface area contributed by atoms with Gasteiger partial charge in [0, 0.05) is 56.1 Å². The molecule has 0 radical (unpaired) electrons. The first kappa shape index (κ1) is 22.8. The van der Waals surface area contributed by atoms with Crippen molar-refractivity contribution in [1.82, 2.24) is 19.9 Å². The highest BCUT2D eigenvalue weighted by Gasteiger charge is 2.32. The van der Waals surface area contributed by atoms with Crippen molar-refractivity contribution in [2.75, 3.05) is 60.3 Å². The van der Waals surface area contributed by atoms with Crippen LogP contribution < -0.4 is 15.1 Å². The number of hydrogen-bond donors (Lipinski definition) is 1. The van der Waals surface area contributed by atoms with Gasteiger partial charge < -0.3 is 19.9 Å². The Morgan fingerprint density at radius 3 is 2.71 bits per heavy atom. The van der Waals surface area contributed by atoms with Crippen LogP contribution in [0.3, 0.4) is 0 Å². The fraction of sp³-hybridized carbons (Fsp3) is 0.538. The van der Waals surface area contributed by atoms with Gasteiger partial charge in [-0.15, -0.1) is 0 Å². The molecule has 2 aliphatic rings. The zero-order valence-corrected chi connectivity index (χ0v) is 22.4. The van der Waals surface area contributed by atoms with Crippen LogP contribution in [0.4, 0.5) is 27.8 Å². The minimum absolute atomic E-state index is 0.0967. The third kappa shape index (κ3) is 5.65. The monoisotopic (exact) mass is 546 g/mol. The number of hydrogen-bond acceptors (Lipinski definition) is 10. The molecule has 0 bridgehead atoms. The number of nitrogens with one attached hydrogen (secondary N) is 1. The Morgan fingerprint density at radius 2 is 2.00 bits per heavy atom. The summed E-state index contributed by atoms with van der Waals surface area (Å²) in [6.45, 7) is 5.83. The molecular weight excluding hydrogens is 509 g/mol. The van der Waals surface area contributed by atoms with Gasteiger partial charge in [-0.2, -0.15) is 4.98 Å². The first-order valence-electron chi connectivity index (χ1n) is 14.1. The summed E-state index contributed by atoms with van der Waals surface area (Å²) in [6, 6.07) is 6.12. The van der Waals surface area contributed by atoms with E-state index >= 15 is 0 Å². The van der Waals surface area contributed by atoms with E-state index in [1.807, 2.05) is 6.07 Å². The molecule has 12 heteroatoms. The smallest absolute Gasteiger partial charge is 0.233 e. The summed E-state index contributed by atoms with van der Waals surface area (Å²) in [6.07, 6.45) is 2.08. The minimum Gasteiger partial charge on any atom is -0.378 e. The van der Waals surface area contributed by atoms with Gasteiger partial charge in [-0.1, -0.05) is 19.9 Å². The summed E-state index contributed by atoms with van der Waals surface area (Å²) >= 11 is 0. The van der Waals surface area contributed by atoms with Crippen LogP contribution in [0, 0.1) is 5.92 Å². The summed E-state index contributed by atoms with van der Waals surface area (Å²) in [5.74, 6) is 1.60. The summed E-state index contributed by atoms with van der Waals surface area (Å²) in [4.78, 5) is 21.3. The van der Waals surface area contributed by atoms with Crippen molar-refractivity contribution in [3.8, 4) is 0 Å². The predicted molar refractivity (Wildman–Crippen MR) is 147 cm³/mol. The Balaban J connectivity index is 1.33. The van der Waals surface area contributed by atoms with Gasteiger partial charge in [0.1, 0.15) is 28.2 Å². The van der Waals surface area contributed by atoms with Crippen LogP contribution in [0.2, 0.25) is 0 Å². The minimum atomic E-state index is -3.02. The Hall–Kier alpha value is -3.12. The van der Waals surface area contributed by atoms with Crippen molar-refractivity contribution >= 4 is 44.0 Å². The number of alkyl halides is 1. The molecule has 1 N–H and O–H groups in total. The number of benzene rings is 1. The van der Waals surface area contributed by atoms with Gasteiger partial charge in [-0.3, -0.25) is 0 Å². The van der Waals surface area contributed by atoms with E-state index in [1.54, 1.807) is 11.1 Å². The van der Waals surface area contributed by atoms with Crippen LogP contribution in [0.15, 0.2) is 30.7 Å². The molecule has 4 heterocycles. The van der Waals surface area contributed by atoms with Crippen molar-refractivity contribution < 1.29 is 21.7 Å². The zero-order chi connectivity index (χ0) is 29.5. The highest BCUT2D eigenvalue weighted by molar-refractivity contribution is 7.90. The molecule has 2 fully saturated rings. The molecule has 2 atom stereocenters. The second-order valence-corrected chi connectivity index (χ2v) is 12.6. The van der Waals surface area contributed by atoms with Crippen molar-refractivity contribution in [2.24, 2.45) is 5.92 Å². The van der Waals surface area contributed by atoms with Crippen LogP contribution in [0.1, 0.15) is 35.9 Å². The normalized spacial score (nSPS) is 22.2. The number of piperidine rings is 1. The van der Waals surface area contributed by atoms with Gasteiger partial charge in [-0.05, 0) is 35.4 Å². The van der Waals surface area contributed by atoms with E-state index in [4.69, 9.17) is 8.85 Å². The second kappa shape index (κ2) is 10.6. The van der Waals surface area contributed by atoms with E-state index in [0.717, 1.165) is 22.0 Å². The van der Waals surface area contributed by atoms with Crippen molar-refractivity contribution in [3.63, 3.8) is 0 Å². The number of halogens is 1. The molecule has 2 aromatic heterocycles. The summed E-state index contributed by atoms with van der Waals surface area (Å²) < 4.78 is 64.7. The molecule has 204 valence electrons. The number of aromatic nitrogens is 4. The van der Waals surface area contributed by atoms with E-state index < -0.39 is 29.2 Å². The van der Waals surface area contributed by atoms with Gasteiger partial charge in [0.2, 0.25) is 11.9 Å². The quantitative estimate of drug-likeness (QED) is 0.451. The van der Waals surface area contributed by atoms with Crippen molar-refractivity contribution in [2.45, 2.75) is 38.5 Å². The first-order valence-corrected chi connectivity index (χ1v) is 14.7. The van der Waals surface area contributed by atoms with Gasteiger partial charge in [0.25, 0.3) is 0 Å². The van der Waals surface area contributed by atoms with Crippen molar-refractivity contribution in [3.05, 3.63) is 36.3 Å². The maximum atomic E-state index is 14.7. The van der Waals surface area contributed by atoms with Crippen LogP contribution in [0.5, 0.6) is 0 Å². The fourth-order valence-electron chi connectivity index (χ4n) is 5.21. The topological polar surface area (TPSA) is 113 Å². The molecule has 0 spiro atoms. The number of fused-ring (bicyclic) bond motifs is 1. The predicted octanol–water partition coefficient (Wildman–Crippen LogP) is 3.33. The molecular formula is C26H34FN7O3S. The van der Waals surface area contributed by atoms with E-state index in [0.29, 0.717) is 25.5 Å². The van der Waals surface area contributed by atoms with Crippen LogP contribution in [-0.2, 0) is 14.6 Å². The maximum Gasteiger partial charge on any atom is 0.233 e. The summed E-state index contributed by atoms with van der Waals surface area (Å²) in [5, 5.41) is 5.13. The molecule has 0 aliphatic carbocycles. The number of nitrogens with zero attached hydrogens (tertiary/aromatic N) is 6. The number of anilines is 4. The van der Waals surface area contributed by atoms with Gasteiger partial charge in [0.05, 0.1) is 22.5 Å². The molecule has 38 heavy (non-hydrogen) atoms. The van der Waals surface area contributed by atoms with E-state index in [-0.39, 0.29) is 42.5 Å². The SMILES string of the molecule is [2H]C([2H])([2H])O[C@@H]1CCN(c2ncnc(Nc3cc4c(C(C)C)ccc(N5CC(CS(C)(=O)=O)C5)c4cn3)n2)C[C@@H]1F. The average Bonchev–Trinajstić information content (AvgIpc) is 2.85. The van der Waals surface area contributed by atoms with Gasteiger partial charge in [-0.25, -0.2) is 27.8 Å². The first-order chi connectivity index (χ1) is 19.3. The Morgan fingerprint density at radius 1 is 1.18 bits per heavy atom. The molecule has 5 rings (SSSR count). The van der Waals surface area contributed by atoms with Gasteiger partial charge in [0.15, 0.2) is 0 Å². The Bertz CT molecular complexity index is 1520. The highest BCUT2D eigenvalue weighted by atomic mass is 32.2. The fourth-order valence-corrected chi connectivity index (χ4v) is 6.27. The molecule has 10 nitrogen and oxygen atoms in total. The van der Waals surface area contributed by atoms with Crippen LogP contribution in [-0.4, -0.2) is 85.9 Å². The van der Waals surface area contributed by atoms with Crippen LogP contribution >= 0.6 is 0 Å². The third-order valence-corrected chi connectivity index (χ3v) is 8.16. The molecule has 0 amide bonds.